The normalized spacial score (nSPS) is 9.57. The van der Waals surface area contributed by atoms with E-state index < -0.39 is 0 Å². The Labute approximate surface area is 95.7 Å². The summed E-state index contributed by atoms with van der Waals surface area (Å²) in [5.41, 5.74) is 1.26. The molecule has 0 saturated carbocycles. The molecule has 4 heteroatoms. The second-order valence-corrected chi connectivity index (χ2v) is 3.29. The molecule has 0 aromatic heterocycles. The number of aliphatic hydroxyl groups is 1. The smallest absolute Gasteiger partial charge is 0.0555 e. The number of aliphatic hydroxyl groups excluding tert-OH is 1. The van der Waals surface area contributed by atoms with E-state index in [0.717, 1.165) is 18.0 Å². The summed E-state index contributed by atoms with van der Waals surface area (Å²) in [7, 11) is 0. The van der Waals surface area contributed by atoms with Crippen molar-refractivity contribution in [1.82, 2.24) is 5.32 Å². The van der Waals surface area contributed by atoms with Crippen molar-refractivity contribution in [3.63, 3.8) is 0 Å². The van der Waals surface area contributed by atoms with Gasteiger partial charge in [-0.1, -0.05) is 23.7 Å². The number of halogens is 2. The third-order valence-corrected chi connectivity index (χ3v) is 2.04. The third kappa shape index (κ3) is 5.45. The van der Waals surface area contributed by atoms with Crippen LogP contribution in [0.15, 0.2) is 24.3 Å². The summed E-state index contributed by atoms with van der Waals surface area (Å²) >= 11 is 5.75. The maximum absolute atomic E-state index is 8.52. The van der Waals surface area contributed by atoms with E-state index in [0.29, 0.717) is 6.54 Å². The highest BCUT2D eigenvalue weighted by Crippen LogP contribution is 2.09. The first kappa shape index (κ1) is 13.7. The number of hydrogen-bond acceptors (Lipinski definition) is 2. The van der Waals surface area contributed by atoms with Crippen LogP contribution in [0.1, 0.15) is 5.56 Å². The molecular formula is C10H15Cl2NO. The molecule has 0 radical (unpaired) electrons. The van der Waals surface area contributed by atoms with Gasteiger partial charge in [0.15, 0.2) is 0 Å². The van der Waals surface area contributed by atoms with Gasteiger partial charge in [-0.25, -0.2) is 0 Å². The monoisotopic (exact) mass is 235 g/mol. The Balaban J connectivity index is 0.00000169. The quantitative estimate of drug-likeness (QED) is 0.765. The molecule has 0 amide bonds. The van der Waals surface area contributed by atoms with E-state index >= 15 is 0 Å². The molecule has 0 aliphatic rings. The van der Waals surface area contributed by atoms with Crippen LogP contribution in [-0.4, -0.2) is 24.8 Å². The first-order valence-electron chi connectivity index (χ1n) is 4.39. The van der Waals surface area contributed by atoms with Crippen LogP contribution in [0, 0.1) is 0 Å². The van der Waals surface area contributed by atoms with Gasteiger partial charge >= 0.3 is 0 Å². The van der Waals surface area contributed by atoms with Gasteiger partial charge in [0.2, 0.25) is 0 Å². The fourth-order valence-corrected chi connectivity index (χ4v) is 1.21. The zero-order valence-corrected chi connectivity index (χ0v) is 9.44. The standard InChI is InChI=1S/C10H14ClNO.ClH/c11-10-3-1-9(2-4-10)5-6-12-7-8-13;/h1-4,12-13H,5-8H2;1H. The molecule has 1 aromatic carbocycles. The van der Waals surface area contributed by atoms with Crippen LogP contribution in [0.2, 0.25) is 5.02 Å². The lowest BCUT2D eigenvalue weighted by Gasteiger charge is -2.02. The first-order valence-corrected chi connectivity index (χ1v) is 4.77. The minimum Gasteiger partial charge on any atom is -0.395 e. The van der Waals surface area contributed by atoms with Crippen molar-refractivity contribution >= 4 is 24.0 Å². The van der Waals surface area contributed by atoms with Crippen LogP contribution < -0.4 is 5.32 Å². The van der Waals surface area contributed by atoms with Crippen LogP contribution >= 0.6 is 24.0 Å². The SMILES string of the molecule is Cl.OCCNCCc1ccc(Cl)cc1. The van der Waals surface area contributed by atoms with E-state index in [1.807, 2.05) is 24.3 Å². The van der Waals surface area contributed by atoms with Gasteiger partial charge in [0.25, 0.3) is 0 Å². The Kier molecular flexibility index (Phi) is 7.90. The molecule has 0 aliphatic heterocycles. The van der Waals surface area contributed by atoms with Crippen LogP contribution in [-0.2, 0) is 6.42 Å². The summed E-state index contributed by atoms with van der Waals surface area (Å²) < 4.78 is 0. The number of rotatable bonds is 5. The highest BCUT2D eigenvalue weighted by atomic mass is 35.5. The fourth-order valence-electron chi connectivity index (χ4n) is 1.09. The Morgan fingerprint density at radius 2 is 1.79 bits per heavy atom. The van der Waals surface area contributed by atoms with Crippen molar-refractivity contribution in [2.45, 2.75) is 6.42 Å². The average molecular weight is 236 g/mol. The summed E-state index contributed by atoms with van der Waals surface area (Å²) in [6.07, 6.45) is 0.969. The van der Waals surface area contributed by atoms with Gasteiger partial charge in [-0.15, -0.1) is 12.4 Å². The Morgan fingerprint density at radius 1 is 1.14 bits per heavy atom. The lowest BCUT2D eigenvalue weighted by molar-refractivity contribution is 0.293. The predicted octanol–water partition coefficient (Wildman–Crippen LogP) is 1.89. The van der Waals surface area contributed by atoms with Crippen LogP contribution in [0.5, 0.6) is 0 Å². The van der Waals surface area contributed by atoms with E-state index in [2.05, 4.69) is 5.32 Å². The maximum Gasteiger partial charge on any atom is 0.0555 e. The minimum absolute atomic E-state index is 0. The maximum atomic E-state index is 8.52. The molecule has 0 bridgehead atoms. The lowest BCUT2D eigenvalue weighted by atomic mass is 10.1. The number of nitrogens with one attached hydrogen (secondary N) is 1. The van der Waals surface area contributed by atoms with Crippen molar-refractivity contribution < 1.29 is 5.11 Å². The number of hydrogen-bond donors (Lipinski definition) is 2. The van der Waals surface area contributed by atoms with Crippen molar-refractivity contribution in [3.8, 4) is 0 Å². The van der Waals surface area contributed by atoms with E-state index in [1.165, 1.54) is 5.56 Å². The van der Waals surface area contributed by atoms with Crippen molar-refractivity contribution in [2.24, 2.45) is 0 Å². The summed E-state index contributed by atoms with van der Waals surface area (Å²) in [5.74, 6) is 0. The van der Waals surface area contributed by atoms with Gasteiger partial charge in [0, 0.05) is 11.6 Å². The minimum atomic E-state index is 0. The van der Waals surface area contributed by atoms with E-state index in [4.69, 9.17) is 16.7 Å². The molecule has 0 fully saturated rings. The molecule has 0 aliphatic carbocycles. The molecule has 0 unspecified atom stereocenters. The Bertz CT molecular complexity index is 238. The summed E-state index contributed by atoms with van der Waals surface area (Å²) in [5, 5.41) is 12.4. The molecule has 14 heavy (non-hydrogen) atoms. The first-order chi connectivity index (χ1) is 6.33. The van der Waals surface area contributed by atoms with Crippen LogP contribution in [0.25, 0.3) is 0 Å². The van der Waals surface area contributed by atoms with Gasteiger partial charge < -0.3 is 10.4 Å². The van der Waals surface area contributed by atoms with Gasteiger partial charge in [-0.3, -0.25) is 0 Å². The van der Waals surface area contributed by atoms with E-state index in [-0.39, 0.29) is 19.0 Å². The van der Waals surface area contributed by atoms with Crippen LogP contribution in [0.3, 0.4) is 0 Å². The third-order valence-electron chi connectivity index (χ3n) is 1.79. The average Bonchev–Trinajstić information content (AvgIpc) is 2.15. The molecule has 1 rings (SSSR count). The predicted molar refractivity (Wildman–Crippen MR) is 62.4 cm³/mol. The molecule has 1 aromatic rings. The molecule has 80 valence electrons. The van der Waals surface area contributed by atoms with Gasteiger partial charge in [-0.05, 0) is 30.7 Å². The van der Waals surface area contributed by atoms with Gasteiger partial charge in [-0.2, -0.15) is 0 Å². The van der Waals surface area contributed by atoms with Crippen molar-refractivity contribution in [3.05, 3.63) is 34.9 Å². The molecule has 2 N–H and O–H groups in total. The largest absolute Gasteiger partial charge is 0.395 e. The van der Waals surface area contributed by atoms with Crippen molar-refractivity contribution in [2.75, 3.05) is 19.7 Å². The number of benzene rings is 1. The van der Waals surface area contributed by atoms with Gasteiger partial charge in [0.1, 0.15) is 0 Å². The zero-order valence-electron chi connectivity index (χ0n) is 7.87. The fraction of sp³-hybridized carbons (Fsp3) is 0.400. The second-order valence-electron chi connectivity index (χ2n) is 2.85. The highest BCUT2D eigenvalue weighted by molar-refractivity contribution is 6.30. The van der Waals surface area contributed by atoms with Crippen LogP contribution in [0.4, 0.5) is 0 Å². The molecular weight excluding hydrogens is 221 g/mol. The van der Waals surface area contributed by atoms with Crippen molar-refractivity contribution in [1.29, 1.82) is 0 Å². The molecule has 0 saturated heterocycles. The van der Waals surface area contributed by atoms with Gasteiger partial charge in [0.05, 0.1) is 6.61 Å². The summed E-state index contributed by atoms with van der Waals surface area (Å²) in [4.78, 5) is 0. The molecule has 0 heterocycles. The molecule has 2 nitrogen and oxygen atoms in total. The summed E-state index contributed by atoms with van der Waals surface area (Å²) in [6, 6.07) is 7.82. The topological polar surface area (TPSA) is 32.3 Å². The molecule has 0 atom stereocenters. The zero-order chi connectivity index (χ0) is 9.52. The van der Waals surface area contributed by atoms with E-state index in [9.17, 15) is 0 Å². The second kappa shape index (κ2) is 8.06. The van der Waals surface area contributed by atoms with E-state index in [1.54, 1.807) is 0 Å². The molecule has 0 spiro atoms. The lowest BCUT2D eigenvalue weighted by Crippen LogP contribution is -2.20. The Hall–Kier alpha value is -0.280. The Morgan fingerprint density at radius 3 is 2.36 bits per heavy atom. The summed E-state index contributed by atoms with van der Waals surface area (Å²) in [6.45, 7) is 1.75. The highest BCUT2D eigenvalue weighted by Gasteiger charge is 1.92.